The van der Waals surface area contributed by atoms with E-state index in [1.54, 1.807) is 11.3 Å². The van der Waals surface area contributed by atoms with E-state index < -0.39 is 0 Å². The van der Waals surface area contributed by atoms with Gasteiger partial charge in [0.1, 0.15) is 0 Å². The molecule has 0 bridgehead atoms. The minimum absolute atomic E-state index is 0.227. The lowest BCUT2D eigenvalue weighted by Gasteiger charge is -2.06. The highest BCUT2D eigenvalue weighted by Gasteiger charge is 2.15. The van der Waals surface area contributed by atoms with Crippen LogP contribution < -0.4 is 5.73 Å². The van der Waals surface area contributed by atoms with Gasteiger partial charge in [-0.15, -0.1) is 0 Å². The molecule has 20 heavy (non-hydrogen) atoms. The molecule has 0 fully saturated rings. The van der Waals surface area contributed by atoms with Crippen molar-refractivity contribution in [1.82, 2.24) is 10.1 Å². The second-order valence-electron chi connectivity index (χ2n) is 4.60. The summed E-state index contributed by atoms with van der Waals surface area (Å²) in [6, 6.07) is 12.0. The molecule has 3 aromatic rings. The molecule has 1 aromatic carbocycles. The average molecular weight is 285 g/mol. The third-order valence-corrected chi connectivity index (χ3v) is 3.81. The van der Waals surface area contributed by atoms with E-state index in [9.17, 15) is 0 Å². The van der Waals surface area contributed by atoms with E-state index in [0.717, 1.165) is 18.4 Å². The van der Waals surface area contributed by atoms with Gasteiger partial charge in [-0.1, -0.05) is 35.5 Å². The molecule has 1 atom stereocenters. The molecule has 0 aliphatic rings. The van der Waals surface area contributed by atoms with Gasteiger partial charge >= 0.3 is 0 Å². The Morgan fingerprint density at radius 3 is 2.80 bits per heavy atom. The first-order valence-electron chi connectivity index (χ1n) is 6.48. The summed E-state index contributed by atoms with van der Waals surface area (Å²) in [6.45, 7) is 0. The quantitative estimate of drug-likeness (QED) is 0.780. The van der Waals surface area contributed by atoms with E-state index in [2.05, 4.69) is 22.3 Å². The lowest BCUT2D eigenvalue weighted by molar-refractivity contribution is 0.349. The lowest BCUT2D eigenvalue weighted by Crippen LogP contribution is -2.11. The van der Waals surface area contributed by atoms with Gasteiger partial charge in [0.15, 0.2) is 0 Å². The van der Waals surface area contributed by atoms with E-state index in [1.807, 2.05) is 35.0 Å². The predicted octanol–water partition coefficient (Wildman–Crippen LogP) is 3.43. The summed E-state index contributed by atoms with van der Waals surface area (Å²) in [7, 11) is 0. The number of hydrogen-bond acceptors (Lipinski definition) is 5. The minimum Gasteiger partial charge on any atom is -0.337 e. The Bertz CT molecular complexity index is 649. The van der Waals surface area contributed by atoms with Crippen molar-refractivity contribution >= 4 is 11.3 Å². The van der Waals surface area contributed by atoms with Crippen LogP contribution >= 0.6 is 11.3 Å². The number of nitrogens with two attached hydrogens (primary N) is 1. The molecule has 0 saturated carbocycles. The number of aromatic nitrogens is 2. The highest BCUT2D eigenvalue weighted by Crippen LogP contribution is 2.22. The van der Waals surface area contributed by atoms with Gasteiger partial charge < -0.3 is 10.3 Å². The van der Waals surface area contributed by atoms with Crippen molar-refractivity contribution < 1.29 is 4.52 Å². The zero-order valence-electron chi connectivity index (χ0n) is 10.9. The fourth-order valence-electron chi connectivity index (χ4n) is 1.99. The standard InChI is InChI=1S/C15H15N3OS/c16-13(7-6-11-4-2-1-3-5-11)15-17-14(18-19-15)12-8-9-20-10-12/h1-5,8-10,13H,6-7,16H2. The van der Waals surface area contributed by atoms with Crippen LogP contribution in [-0.2, 0) is 6.42 Å². The van der Waals surface area contributed by atoms with Gasteiger partial charge in [-0.05, 0) is 29.9 Å². The van der Waals surface area contributed by atoms with Crippen LogP contribution in [0.15, 0.2) is 51.7 Å². The monoisotopic (exact) mass is 285 g/mol. The number of hydrogen-bond donors (Lipinski definition) is 1. The first-order valence-corrected chi connectivity index (χ1v) is 7.43. The molecule has 0 spiro atoms. The number of benzene rings is 1. The van der Waals surface area contributed by atoms with E-state index in [1.165, 1.54) is 5.56 Å². The number of aryl methyl sites for hydroxylation is 1. The number of thiophene rings is 1. The van der Waals surface area contributed by atoms with Crippen LogP contribution in [0.1, 0.15) is 23.9 Å². The highest BCUT2D eigenvalue weighted by molar-refractivity contribution is 7.08. The fraction of sp³-hybridized carbons (Fsp3) is 0.200. The first kappa shape index (κ1) is 13.0. The Labute approximate surface area is 121 Å². The molecule has 4 nitrogen and oxygen atoms in total. The Hall–Kier alpha value is -1.98. The average Bonchev–Trinajstić information content (AvgIpc) is 3.16. The van der Waals surface area contributed by atoms with Crippen LogP contribution in [0, 0.1) is 0 Å². The maximum absolute atomic E-state index is 6.12. The van der Waals surface area contributed by atoms with Gasteiger partial charge in [-0.2, -0.15) is 16.3 Å². The van der Waals surface area contributed by atoms with Gasteiger partial charge in [-0.3, -0.25) is 0 Å². The van der Waals surface area contributed by atoms with Gasteiger partial charge in [-0.25, -0.2) is 0 Å². The maximum atomic E-state index is 6.12. The molecule has 0 radical (unpaired) electrons. The Kier molecular flexibility index (Phi) is 3.90. The molecule has 1 unspecified atom stereocenters. The minimum atomic E-state index is -0.227. The van der Waals surface area contributed by atoms with Crippen LogP contribution in [0.4, 0.5) is 0 Å². The van der Waals surface area contributed by atoms with E-state index in [4.69, 9.17) is 10.3 Å². The topological polar surface area (TPSA) is 64.9 Å². The number of nitrogens with zero attached hydrogens (tertiary/aromatic N) is 2. The lowest BCUT2D eigenvalue weighted by atomic mass is 10.1. The van der Waals surface area contributed by atoms with Crippen LogP contribution in [0.25, 0.3) is 11.4 Å². The predicted molar refractivity (Wildman–Crippen MR) is 79.3 cm³/mol. The Morgan fingerprint density at radius 1 is 1.20 bits per heavy atom. The molecule has 5 heteroatoms. The molecular weight excluding hydrogens is 270 g/mol. The maximum Gasteiger partial charge on any atom is 0.243 e. The zero-order chi connectivity index (χ0) is 13.8. The molecule has 0 aliphatic heterocycles. The summed E-state index contributed by atoms with van der Waals surface area (Å²) < 4.78 is 5.26. The highest BCUT2D eigenvalue weighted by atomic mass is 32.1. The van der Waals surface area contributed by atoms with E-state index in [0.29, 0.717) is 11.7 Å². The first-order chi connectivity index (χ1) is 9.83. The van der Waals surface area contributed by atoms with Crippen LogP contribution in [0.5, 0.6) is 0 Å². The van der Waals surface area contributed by atoms with Crippen LogP contribution in [-0.4, -0.2) is 10.1 Å². The second-order valence-corrected chi connectivity index (χ2v) is 5.38. The second kappa shape index (κ2) is 5.98. The molecule has 0 aliphatic carbocycles. The number of rotatable bonds is 5. The van der Waals surface area contributed by atoms with Crippen LogP contribution in [0.2, 0.25) is 0 Å². The largest absolute Gasteiger partial charge is 0.337 e. The molecule has 2 N–H and O–H groups in total. The summed E-state index contributed by atoms with van der Waals surface area (Å²) in [5.74, 6) is 1.11. The summed E-state index contributed by atoms with van der Waals surface area (Å²) in [5, 5.41) is 7.95. The fourth-order valence-corrected chi connectivity index (χ4v) is 2.62. The Morgan fingerprint density at radius 2 is 2.05 bits per heavy atom. The van der Waals surface area contributed by atoms with E-state index >= 15 is 0 Å². The third kappa shape index (κ3) is 2.95. The van der Waals surface area contributed by atoms with Gasteiger partial charge in [0, 0.05) is 10.9 Å². The van der Waals surface area contributed by atoms with Gasteiger partial charge in [0.2, 0.25) is 11.7 Å². The van der Waals surface area contributed by atoms with Gasteiger partial charge in [0.25, 0.3) is 0 Å². The zero-order valence-corrected chi connectivity index (χ0v) is 11.7. The molecule has 102 valence electrons. The SMILES string of the molecule is NC(CCc1ccccc1)c1nc(-c2ccsc2)no1. The Balaban J connectivity index is 1.64. The summed E-state index contributed by atoms with van der Waals surface area (Å²) >= 11 is 1.61. The van der Waals surface area contributed by atoms with Crippen LogP contribution in [0.3, 0.4) is 0 Å². The summed E-state index contributed by atoms with van der Waals surface area (Å²) in [5.41, 5.74) is 8.35. The molecule has 2 heterocycles. The molecular formula is C15H15N3OS. The van der Waals surface area contributed by atoms with Crippen molar-refractivity contribution in [1.29, 1.82) is 0 Å². The third-order valence-electron chi connectivity index (χ3n) is 3.13. The smallest absolute Gasteiger partial charge is 0.243 e. The normalized spacial score (nSPS) is 12.4. The van der Waals surface area contributed by atoms with Crippen molar-refractivity contribution in [2.24, 2.45) is 5.73 Å². The molecule has 3 rings (SSSR count). The van der Waals surface area contributed by atoms with Crippen molar-refractivity contribution in [3.63, 3.8) is 0 Å². The summed E-state index contributed by atoms with van der Waals surface area (Å²) in [6.07, 6.45) is 1.69. The molecule has 2 aromatic heterocycles. The van der Waals surface area contributed by atoms with E-state index in [-0.39, 0.29) is 6.04 Å². The van der Waals surface area contributed by atoms with Crippen molar-refractivity contribution in [2.75, 3.05) is 0 Å². The summed E-state index contributed by atoms with van der Waals surface area (Å²) in [4.78, 5) is 4.37. The molecule has 0 amide bonds. The molecule has 0 saturated heterocycles. The van der Waals surface area contributed by atoms with Crippen molar-refractivity contribution in [3.8, 4) is 11.4 Å². The van der Waals surface area contributed by atoms with Gasteiger partial charge in [0.05, 0.1) is 6.04 Å². The van der Waals surface area contributed by atoms with Crippen molar-refractivity contribution in [3.05, 3.63) is 58.6 Å². The van der Waals surface area contributed by atoms with Crippen molar-refractivity contribution in [2.45, 2.75) is 18.9 Å².